The molecule has 0 radical (unpaired) electrons. The summed E-state index contributed by atoms with van der Waals surface area (Å²) in [7, 11) is 0. The van der Waals surface area contributed by atoms with Gasteiger partial charge < -0.3 is 0 Å². The van der Waals surface area contributed by atoms with Gasteiger partial charge in [-0.25, -0.2) is 0 Å². The van der Waals surface area contributed by atoms with E-state index in [0.717, 1.165) is 0 Å². The molecule has 0 aliphatic rings. The number of rotatable bonds is 0. The van der Waals surface area contributed by atoms with Crippen molar-refractivity contribution in [1.29, 1.82) is 0 Å². The SMILES string of the molecule is [AlH3].[KH].[KH].[KH]. The fourth-order valence-electron chi connectivity index (χ4n) is 0. The maximum atomic E-state index is 0. The molecule has 0 nitrogen and oxygen atoms in total. The Hall–Kier alpha value is 5.44. The second kappa shape index (κ2) is 15.8. The molecule has 0 heterocycles. The molecule has 0 aromatic rings. The minimum absolute atomic E-state index is 0. The van der Waals surface area contributed by atoms with E-state index in [1.54, 1.807) is 0 Å². The van der Waals surface area contributed by atoms with Gasteiger partial charge in [0, 0.05) is 0 Å². The molecule has 4 heavy (non-hydrogen) atoms. The first-order valence-corrected chi connectivity index (χ1v) is 0. The van der Waals surface area contributed by atoms with E-state index in [9.17, 15) is 0 Å². The van der Waals surface area contributed by atoms with E-state index < -0.39 is 0 Å². The van der Waals surface area contributed by atoms with Crippen molar-refractivity contribution in [2.24, 2.45) is 0 Å². The van der Waals surface area contributed by atoms with Crippen molar-refractivity contribution in [3.05, 3.63) is 0 Å². The van der Waals surface area contributed by atoms with Gasteiger partial charge >= 0.3 is 154 Å². The van der Waals surface area contributed by atoms with E-state index in [4.69, 9.17) is 0 Å². The summed E-state index contributed by atoms with van der Waals surface area (Å²) in [6.07, 6.45) is 0. The van der Waals surface area contributed by atoms with Gasteiger partial charge in [-0.05, 0) is 0 Å². The predicted molar refractivity (Wildman–Crippen MR) is 31.4 cm³/mol. The molecule has 0 N–H and O–H groups in total. The van der Waals surface area contributed by atoms with Gasteiger partial charge in [-0.3, -0.25) is 0 Å². The van der Waals surface area contributed by atoms with Crippen LogP contribution in [0.15, 0.2) is 0 Å². The number of hydrogen-bond donors (Lipinski definition) is 0. The quantitative estimate of drug-likeness (QED) is 0.320. The first-order chi connectivity index (χ1) is 0. The molecule has 4 heteroatoms. The molecule has 0 aromatic carbocycles. The summed E-state index contributed by atoms with van der Waals surface area (Å²) in [4.78, 5) is 0. The normalized spacial score (nSPS) is 0. The fraction of sp³-hybridized carbons (Fsp3) is 0. The molecule has 12 valence electrons. The first kappa shape index (κ1) is 22.7. The van der Waals surface area contributed by atoms with E-state index in [2.05, 4.69) is 0 Å². The standard InChI is InChI=1S/Al.3K.6H. The summed E-state index contributed by atoms with van der Waals surface area (Å²) in [6, 6.07) is 0. The van der Waals surface area contributed by atoms with Crippen LogP contribution in [-0.2, 0) is 0 Å². The monoisotopic (exact) mass is 150 g/mol. The second-order valence-corrected chi connectivity index (χ2v) is 0. The van der Waals surface area contributed by atoms with E-state index >= 15 is 0 Å². The van der Waals surface area contributed by atoms with Crippen molar-refractivity contribution in [2.75, 3.05) is 0 Å². The predicted octanol–water partition coefficient (Wildman–Crippen LogP) is -3.13. The Balaban J connectivity index is 0. The van der Waals surface area contributed by atoms with Crippen molar-refractivity contribution in [2.45, 2.75) is 0 Å². The molecule has 0 saturated heterocycles. The Bertz CT molecular complexity index is 3.25. The third-order valence-corrected chi connectivity index (χ3v) is 0. The Morgan fingerprint density at radius 2 is 0.500 bits per heavy atom. The average molecular weight is 150 g/mol. The zero-order valence-electron chi connectivity index (χ0n) is 0. The molecule has 0 saturated carbocycles. The third-order valence-electron chi connectivity index (χ3n) is 0. The van der Waals surface area contributed by atoms with Crippen LogP contribution in [0.5, 0.6) is 0 Å². The summed E-state index contributed by atoms with van der Waals surface area (Å²) >= 11 is 0. The van der Waals surface area contributed by atoms with E-state index in [1.807, 2.05) is 0 Å². The Labute approximate surface area is 165 Å². The Morgan fingerprint density at radius 3 is 0.500 bits per heavy atom. The molecular weight excluding hydrogens is 144 g/mol. The zero-order valence-corrected chi connectivity index (χ0v) is 0. The van der Waals surface area contributed by atoms with Crippen LogP contribution in [0.3, 0.4) is 0 Å². The molecule has 0 amide bonds. The van der Waals surface area contributed by atoms with Gasteiger partial charge in [0.25, 0.3) is 0 Å². The molecule has 0 aromatic heterocycles. The van der Waals surface area contributed by atoms with Crippen molar-refractivity contribution in [3.8, 4) is 0 Å². The third kappa shape index (κ3) is 10.4. The van der Waals surface area contributed by atoms with Crippen LogP contribution in [-0.4, -0.2) is 172 Å². The Kier molecular flexibility index (Phi) is 89.7. The Morgan fingerprint density at radius 1 is 0.500 bits per heavy atom. The topological polar surface area (TPSA) is 0 Å². The summed E-state index contributed by atoms with van der Waals surface area (Å²) in [5.74, 6) is 0. The van der Waals surface area contributed by atoms with Gasteiger partial charge in [0.1, 0.15) is 0 Å². The summed E-state index contributed by atoms with van der Waals surface area (Å²) in [5, 5.41) is 0. The number of hydrogen-bond acceptors (Lipinski definition) is 0. The van der Waals surface area contributed by atoms with Gasteiger partial charge in [-0.1, -0.05) is 0 Å². The van der Waals surface area contributed by atoms with Gasteiger partial charge in [0.2, 0.25) is 0 Å². The zero-order chi connectivity index (χ0) is 0. The minimum atomic E-state index is 0. The summed E-state index contributed by atoms with van der Waals surface area (Å²) < 4.78 is 0. The second-order valence-electron chi connectivity index (χ2n) is 0. The van der Waals surface area contributed by atoms with Crippen LogP contribution in [0.4, 0.5) is 0 Å². The molecule has 0 fully saturated rings. The molecule has 0 rings (SSSR count). The molecule has 0 spiro atoms. The van der Waals surface area contributed by atoms with Crippen molar-refractivity contribution in [1.82, 2.24) is 0 Å². The van der Waals surface area contributed by atoms with Gasteiger partial charge in [0.15, 0.2) is 17.4 Å². The molecular formula is H6AlK3. The maximum absolute atomic E-state index is 0. The van der Waals surface area contributed by atoms with Crippen molar-refractivity contribution in [3.63, 3.8) is 0 Å². The molecule has 0 bridgehead atoms. The summed E-state index contributed by atoms with van der Waals surface area (Å²) in [6.45, 7) is 0. The van der Waals surface area contributed by atoms with Crippen LogP contribution in [0.25, 0.3) is 0 Å². The first-order valence-electron chi connectivity index (χ1n) is 0. The van der Waals surface area contributed by atoms with Crippen LogP contribution in [0.1, 0.15) is 0 Å². The van der Waals surface area contributed by atoms with E-state index in [0.29, 0.717) is 0 Å². The molecule has 0 atom stereocenters. The van der Waals surface area contributed by atoms with Crippen LogP contribution in [0, 0.1) is 0 Å². The van der Waals surface area contributed by atoms with E-state index in [-0.39, 0.29) is 172 Å². The van der Waals surface area contributed by atoms with Crippen LogP contribution >= 0.6 is 0 Å². The van der Waals surface area contributed by atoms with Crippen molar-refractivity contribution >= 4 is 172 Å². The van der Waals surface area contributed by atoms with Gasteiger partial charge in [-0.15, -0.1) is 0 Å². The summed E-state index contributed by atoms with van der Waals surface area (Å²) in [5.41, 5.74) is 0. The molecule has 0 unspecified atom stereocenters. The van der Waals surface area contributed by atoms with Crippen molar-refractivity contribution < 1.29 is 0 Å². The fourth-order valence-corrected chi connectivity index (χ4v) is 0. The molecule has 0 aliphatic heterocycles. The average Bonchev–Trinajstić information content (AvgIpc) is 0. The van der Waals surface area contributed by atoms with Gasteiger partial charge in [-0.2, -0.15) is 0 Å². The van der Waals surface area contributed by atoms with Gasteiger partial charge in [0.05, 0.1) is 0 Å². The van der Waals surface area contributed by atoms with Crippen LogP contribution in [0.2, 0.25) is 0 Å². The molecule has 0 aliphatic carbocycles. The van der Waals surface area contributed by atoms with E-state index in [1.165, 1.54) is 0 Å². The van der Waals surface area contributed by atoms with Crippen LogP contribution < -0.4 is 0 Å².